The first-order valence-electron chi connectivity index (χ1n) is 9.91. The summed E-state index contributed by atoms with van der Waals surface area (Å²) in [6.07, 6.45) is 5.96. The Labute approximate surface area is 177 Å². The van der Waals surface area contributed by atoms with E-state index in [4.69, 9.17) is 0 Å². The molecule has 0 atom stereocenters. The predicted octanol–water partition coefficient (Wildman–Crippen LogP) is 5.89. The van der Waals surface area contributed by atoms with Gasteiger partial charge >= 0.3 is 0 Å². The molecule has 1 amide bonds. The Morgan fingerprint density at radius 3 is 2.34 bits per heavy atom. The van der Waals surface area contributed by atoms with Crippen LogP contribution in [0.4, 0.5) is 11.4 Å². The molecule has 4 rings (SSSR count). The molecular weight excluding hydrogens is 376 g/mol. The highest BCUT2D eigenvalue weighted by Crippen LogP contribution is 2.26. The van der Waals surface area contributed by atoms with Crippen molar-refractivity contribution in [3.63, 3.8) is 0 Å². The zero-order valence-electron chi connectivity index (χ0n) is 16.2. The maximum atomic E-state index is 12.2. The van der Waals surface area contributed by atoms with Crippen molar-refractivity contribution < 1.29 is 4.79 Å². The number of nitrogens with zero attached hydrogens (tertiary/aromatic N) is 1. The number of thiol groups is 1. The molecule has 3 nitrogen and oxygen atoms in total. The molecule has 3 aromatic rings. The summed E-state index contributed by atoms with van der Waals surface area (Å²) < 4.78 is 0. The van der Waals surface area contributed by atoms with Crippen LogP contribution in [0.3, 0.4) is 0 Å². The average Bonchev–Trinajstić information content (AvgIpc) is 3.29. The number of hydrogen-bond acceptors (Lipinski definition) is 3. The molecule has 1 heterocycles. The lowest BCUT2D eigenvalue weighted by atomic mass is 10.0. The van der Waals surface area contributed by atoms with Gasteiger partial charge in [0.05, 0.1) is 0 Å². The third-order valence-corrected chi connectivity index (χ3v) is 5.42. The number of anilines is 2. The third kappa shape index (κ3) is 5.09. The summed E-state index contributed by atoms with van der Waals surface area (Å²) in [7, 11) is 0. The molecule has 1 fully saturated rings. The van der Waals surface area contributed by atoms with E-state index >= 15 is 0 Å². The minimum atomic E-state index is -0.155. The van der Waals surface area contributed by atoms with Crippen LogP contribution in [0.2, 0.25) is 0 Å². The van der Waals surface area contributed by atoms with E-state index in [0.29, 0.717) is 0 Å². The lowest BCUT2D eigenvalue weighted by molar-refractivity contribution is -0.111. The van der Waals surface area contributed by atoms with Gasteiger partial charge in [0.1, 0.15) is 0 Å². The molecule has 0 saturated carbocycles. The van der Waals surface area contributed by atoms with Gasteiger partial charge in [0.15, 0.2) is 0 Å². The topological polar surface area (TPSA) is 32.3 Å². The van der Waals surface area contributed by atoms with Crippen LogP contribution in [0, 0.1) is 0 Å². The maximum Gasteiger partial charge on any atom is 0.248 e. The molecule has 1 N–H and O–H groups in total. The number of hydrogen-bond donors (Lipinski definition) is 2. The molecule has 0 spiro atoms. The van der Waals surface area contributed by atoms with E-state index in [1.165, 1.54) is 24.1 Å². The Morgan fingerprint density at radius 1 is 0.897 bits per heavy atom. The minimum absolute atomic E-state index is 0.155. The summed E-state index contributed by atoms with van der Waals surface area (Å²) in [4.78, 5) is 15.5. The smallest absolute Gasteiger partial charge is 0.248 e. The largest absolute Gasteiger partial charge is 0.372 e. The van der Waals surface area contributed by atoms with Crippen molar-refractivity contribution in [1.82, 2.24) is 0 Å². The monoisotopic (exact) mass is 400 g/mol. The van der Waals surface area contributed by atoms with E-state index in [0.717, 1.165) is 34.8 Å². The number of rotatable bonds is 5. The first-order chi connectivity index (χ1) is 14.2. The van der Waals surface area contributed by atoms with Gasteiger partial charge in [0.2, 0.25) is 5.91 Å². The number of nitrogens with one attached hydrogen (secondary N) is 1. The molecule has 0 unspecified atom stereocenters. The van der Waals surface area contributed by atoms with Crippen LogP contribution < -0.4 is 10.2 Å². The highest BCUT2D eigenvalue weighted by atomic mass is 32.1. The van der Waals surface area contributed by atoms with E-state index in [2.05, 4.69) is 59.2 Å². The van der Waals surface area contributed by atoms with Crippen LogP contribution in [0.1, 0.15) is 18.4 Å². The molecule has 0 aromatic heterocycles. The fourth-order valence-electron chi connectivity index (χ4n) is 3.56. The second-order valence-corrected chi connectivity index (χ2v) is 7.75. The Kier molecular flexibility index (Phi) is 6.01. The van der Waals surface area contributed by atoms with Gasteiger partial charge in [-0.3, -0.25) is 4.79 Å². The zero-order valence-corrected chi connectivity index (χ0v) is 17.1. The van der Waals surface area contributed by atoms with E-state index in [1.54, 1.807) is 6.08 Å². The van der Waals surface area contributed by atoms with Crippen molar-refractivity contribution in [1.29, 1.82) is 0 Å². The molecule has 1 aliphatic heterocycles. The maximum absolute atomic E-state index is 12.2. The van der Waals surface area contributed by atoms with Gasteiger partial charge in [0.25, 0.3) is 0 Å². The van der Waals surface area contributed by atoms with E-state index in [1.807, 2.05) is 42.5 Å². The SMILES string of the molecule is O=C(/C=C/c1cccc(-c2ccc(N3CCCC3)cc2)c1)Nc1ccc(S)cc1. The van der Waals surface area contributed by atoms with Crippen LogP contribution >= 0.6 is 12.6 Å². The van der Waals surface area contributed by atoms with Crippen LogP contribution in [-0.4, -0.2) is 19.0 Å². The summed E-state index contributed by atoms with van der Waals surface area (Å²) in [5.41, 5.74) is 5.37. The number of benzene rings is 3. The standard InChI is InChI=1S/C25H24N2OS/c28-25(26-22-9-13-24(29)14-10-22)15-6-19-4-3-5-21(18-19)20-7-11-23(12-8-20)27-16-1-2-17-27/h3-15,18,29H,1-2,16-17H2,(H,26,28)/b15-6+. The van der Waals surface area contributed by atoms with E-state index < -0.39 is 0 Å². The second-order valence-electron chi connectivity index (χ2n) is 7.24. The highest BCUT2D eigenvalue weighted by Gasteiger charge is 2.12. The Morgan fingerprint density at radius 2 is 1.62 bits per heavy atom. The Balaban J connectivity index is 1.43. The van der Waals surface area contributed by atoms with Crippen molar-refractivity contribution in [2.45, 2.75) is 17.7 Å². The van der Waals surface area contributed by atoms with Gasteiger partial charge in [-0.05, 0) is 78.1 Å². The van der Waals surface area contributed by atoms with Gasteiger partial charge in [-0.15, -0.1) is 12.6 Å². The van der Waals surface area contributed by atoms with Gasteiger partial charge in [-0.1, -0.05) is 30.3 Å². The zero-order chi connectivity index (χ0) is 20.1. The fourth-order valence-corrected chi connectivity index (χ4v) is 3.71. The fraction of sp³-hybridized carbons (Fsp3) is 0.160. The van der Waals surface area contributed by atoms with Gasteiger partial charge in [-0.2, -0.15) is 0 Å². The van der Waals surface area contributed by atoms with Crippen LogP contribution in [-0.2, 0) is 4.79 Å². The average molecular weight is 401 g/mol. The van der Waals surface area contributed by atoms with E-state index in [9.17, 15) is 4.79 Å². The first-order valence-corrected chi connectivity index (χ1v) is 10.4. The van der Waals surface area contributed by atoms with Crippen LogP contribution in [0.5, 0.6) is 0 Å². The lowest BCUT2D eigenvalue weighted by Gasteiger charge is -2.17. The number of amides is 1. The van der Waals surface area contributed by atoms with Crippen LogP contribution in [0.15, 0.2) is 83.8 Å². The summed E-state index contributed by atoms with van der Waals surface area (Å²) in [6, 6.07) is 24.3. The Hall–Kier alpha value is -2.98. The molecule has 146 valence electrons. The number of carbonyl (C=O) groups is 1. The summed E-state index contributed by atoms with van der Waals surface area (Å²) >= 11 is 4.25. The molecule has 0 bridgehead atoms. The van der Waals surface area contributed by atoms with Crippen molar-refractivity contribution in [2.24, 2.45) is 0 Å². The Bertz CT molecular complexity index is 1000. The normalized spacial score (nSPS) is 13.8. The number of carbonyl (C=O) groups excluding carboxylic acids is 1. The van der Waals surface area contributed by atoms with E-state index in [-0.39, 0.29) is 5.91 Å². The van der Waals surface area contributed by atoms with Gasteiger partial charge in [-0.25, -0.2) is 0 Å². The molecule has 3 aromatic carbocycles. The summed E-state index contributed by atoms with van der Waals surface area (Å²) in [5.74, 6) is -0.155. The lowest BCUT2D eigenvalue weighted by Crippen LogP contribution is -2.17. The molecule has 1 aliphatic rings. The van der Waals surface area contributed by atoms with Gasteiger partial charge < -0.3 is 10.2 Å². The van der Waals surface area contributed by atoms with Gasteiger partial charge in [0, 0.05) is 35.4 Å². The quantitative estimate of drug-likeness (QED) is 0.413. The molecule has 0 radical (unpaired) electrons. The van der Waals surface area contributed by atoms with Crippen molar-refractivity contribution >= 4 is 36.0 Å². The highest BCUT2D eigenvalue weighted by molar-refractivity contribution is 7.80. The molecule has 4 heteroatoms. The molecular formula is C25H24N2OS. The van der Waals surface area contributed by atoms with Crippen molar-refractivity contribution in [3.8, 4) is 11.1 Å². The second kappa shape index (κ2) is 9.01. The van der Waals surface area contributed by atoms with Crippen molar-refractivity contribution in [2.75, 3.05) is 23.3 Å². The molecule has 29 heavy (non-hydrogen) atoms. The van der Waals surface area contributed by atoms with Crippen molar-refractivity contribution in [3.05, 3.63) is 84.4 Å². The van der Waals surface area contributed by atoms with Crippen LogP contribution in [0.25, 0.3) is 17.2 Å². The summed E-state index contributed by atoms with van der Waals surface area (Å²) in [6.45, 7) is 2.31. The minimum Gasteiger partial charge on any atom is -0.372 e. The molecule has 0 aliphatic carbocycles. The summed E-state index contributed by atoms with van der Waals surface area (Å²) in [5, 5.41) is 2.85. The third-order valence-electron chi connectivity index (χ3n) is 5.12. The molecule has 1 saturated heterocycles. The predicted molar refractivity (Wildman–Crippen MR) is 125 cm³/mol. The first kappa shape index (κ1) is 19.3.